The topological polar surface area (TPSA) is 67.8 Å². The van der Waals surface area contributed by atoms with Crippen LogP contribution in [0.2, 0.25) is 5.02 Å². The smallest absolute Gasteiger partial charge is 0.251 e. The Bertz CT molecular complexity index is 520. The van der Waals surface area contributed by atoms with Gasteiger partial charge in [-0.2, -0.15) is 0 Å². The predicted molar refractivity (Wildman–Crippen MR) is 75.4 cm³/mol. The third kappa shape index (κ3) is 2.99. The van der Waals surface area contributed by atoms with Crippen LogP contribution in [0.5, 0.6) is 11.5 Å². The van der Waals surface area contributed by atoms with Crippen LogP contribution in [-0.4, -0.2) is 30.0 Å². The van der Waals surface area contributed by atoms with Gasteiger partial charge in [0.25, 0.3) is 5.91 Å². The maximum atomic E-state index is 12.3. The number of aliphatic hydroxyl groups is 1. The fourth-order valence-corrected chi connectivity index (χ4v) is 2.28. The normalized spacial score (nSPS) is 15.8. The van der Waals surface area contributed by atoms with Gasteiger partial charge in [0.2, 0.25) is 6.79 Å². The SMILES string of the molecule is CCC(C)(CCO)NC(=O)c1cc(Cl)c2c(c1)OCO2. The molecule has 6 heteroatoms. The van der Waals surface area contributed by atoms with Crippen molar-refractivity contribution in [2.45, 2.75) is 32.2 Å². The zero-order valence-corrected chi connectivity index (χ0v) is 12.3. The summed E-state index contributed by atoms with van der Waals surface area (Å²) in [5, 5.41) is 12.4. The summed E-state index contributed by atoms with van der Waals surface area (Å²) < 4.78 is 10.5. The number of hydrogen-bond acceptors (Lipinski definition) is 4. The Kier molecular flexibility index (Phi) is 4.40. The van der Waals surface area contributed by atoms with Gasteiger partial charge in [-0.25, -0.2) is 0 Å². The highest BCUT2D eigenvalue weighted by atomic mass is 35.5. The van der Waals surface area contributed by atoms with Gasteiger partial charge in [0.05, 0.1) is 5.02 Å². The molecule has 1 heterocycles. The van der Waals surface area contributed by atoms with Crippen molar-refractivity contribution in [3.05, 3.63) is 22.7 Å². The number of aliphatic hydroxyl groups excluding tert-OH is 1. The number of halogens is 1. The third-order valence-electron chi connectivity index (χ3n) is 3.55. The van der Waals surface area contributed by atoms with Gasteiger partial charge in [0, 0.05) is 17.7 Å². The van der Waals surface area contributed by atoms with E-state index in [4.69, 9.17) is 26.2 Å². The summed E-state index contributed by atoms with van der Waals surface area (Å²) in [5.41, 5.74) is -0.0360. The molecule has 0 saturated heterocycles. The second-order valence-corrected chi connectivity index (χ2v) is 5.44. The van der Waals surface area contributed by atoms with Crippen molar-refractivity contribution in [2.75, 3.05) is 13.4 Å². The van der Waals surface area contributed by atoms with Crippen LogP contribution in [-0.2, 0) is 0 Å². The molecule has 20 heavy (non-hydrogen) atoms. The molecule has 1 aliphatic rings. The van der Waals surface area contributed by atoms with Crippen LogP contribution in [0.3, 0.4) is 0 Å². The first-order valence-electron chi connectivity index (χ1n) is 6.51. The van der Waals surface area contributed by atoms with Crippen LogP contribution in [0, 0.1) is 0 Å². The summed E-state index contributed by atoms with van der Waals surface area (Å²) in [4.78, 5) is 12.3. The Morgan fingerprint density at radius 2 is 2.25 bits per heavy atom. The number of carbonyl (C=O) groups excluding carboxylic acids is 1. The van der Waals surface area contributed by atoms with Gasteiger partial charge in [-0.05, 0) is 31.9 Å². The number of fused-ring (bicyclic) bond motifs is 1. The average Bonchev–Trinajstić information content (AvgIpc) is 2.87. The molecule has 0 spiro atoms. The van der Waals surface area contributed by atoms with Crippen molar-refractivity contribution in [3.63, 3.8) is 0 Å². The van der Waals surface area contributed by atoms with E-state index in [-0.39, 0.29) is 19.3 Å². The van der Waals surface area contributed by atoms with E-state index in [9.17, 15) is 4.79 Å². The number of ether oxygens (including phenoxy) is 2. The first kappa shape index (κ1) is 14.9. The predicted octanol–water partition coefficient (Wildman–Crippen LogP) is 2.35. The van der Waals surface area contributed by atoms with Crippen molar-refractivity contribution in [2.24, 2.45) is 0 Å². The summed E-state index contributed by atoms with van der Waals surface area (Å²) in [5.74, 6) is 0.697. The van der Waals surface area contributed by atoms with Crippen LogP contribution in [0.25, 0.3) is 0 Å². The van der Waals surface area contributed by atoms with E-state index >= 15 is 0 Å². The van der Waals surface area contributed by atoms with E-state index in [0.717, 1.165) is 6.42 Å². The second kappa shape index (κ2) is 5.89. The van der Waals surface area contributed by atoms with E-state index in [0.29, 0.717) is 28.5 Å². The molecule has 5 nitrogen and oxygen atoms in total. The van der Waals surface area contributed by atoms with Crippen molar-refractivity contribution in [3.8, 4) is 11.5 Å². The molecule has 0 saturated carbocycles. The van der Waals surface area contributed by atoms with E-state index in [1.807, 2.05) is 13.8 Å². The van der Waals surface area contributed by atoms with Crippen LogP contribution in [0.1, 0.15) is 37.0 Å². The fourth-order valence-electron chi connectivity index (χ4n) is 2.02. The van der Waals surface area contributed by atoms with Gasteiger partial charge in [-0.15, -0.1) is 0 Å². The van der Waals surface area contributed by atoms with Gasteiger partial charge in [0.15, 0.2) is 11.5 Å². The highest BCUT2D eigenvalue weighted by Crippen LogP contribution is 2.39. The number of carbonyl (C=O) groups is 1. The third-order valence-corrected chi connectivity index (χ3v) is 3.83. The van der Waals surface area contributed by atoms with Crippen molar-refractivity contribution < 1.29 is 19.4 Å². The minimum atomic E-state index is -0.450. The average molecular weight is 300 g/mol. The van der Waals surface area contributed by atoms with E-state index in [2.05, 4.69) is 5.32 Å². The maximum absolute atomic E-state index is 12.3. The fraction of sp³-hybridized carbons (Fsp3) is 0.500. The molecular formula is C14H18ClNO4. The Hall–Kier alpha value is -1.46. The van der Waals surface area contributed by atoms with Gasteiger partial charge in [-0.3, -0.25) is 4.79 Å². The summed E-state index contributed by atoms with van der Waals surface area (Å²) in [6.07, 6.45) is 1.21. The number of benzene rings is 1. The standard InChI is InChI=1S/C14H18ClNO4/c1-3-14(2,4-5-17)16-13(18)9-6-10(15)12-11(7-9)19-8-20-12/h6-7,17H,3-5,8H2,1-2H3,(H,16,18). The number of hydrogen-bond donors (Lipinski definition) is 2. The van der Waals surface area contributed by atoms with Crippen molar-refractivity contribution in [1.82, 2.24) is 5.32 Å². The van der Waals surface area contributed by atoms with E-state index < -0.39 is 5.54 Å². The highest BCUT2D eigenvalue weighted by molar-refractivity contribution is 6.32. The van der Waals surface area contributed by atoms with Crippen LogP contribution in [0.4, 0.5) is 0 Å². The van der Waals surface area contributed by atoms with Gasteiger partial charge in [-0.1, -0.05) is 18.5 Å². The molecule has 2 N–H and O–H groups in total. The largest absolute Gasteiger partial charge is 0.454 e. The first-order chi connectivity index (χ1) is 9.49. The quantitative estimate of drug-likeness (QED) is 0.876. The lowest BCUT2D eigenvalue weighted by Crippen LogP contribution is -2.46. The molecule has 110 valence electrons. The Labute approximate surface area is 122 Å². The molecule has 1 aliphatic heterocycles. The molecule has 1 amide bonds. The summed E-state index contributed by atoms with van der Waals surface area (Å²) >= 11 is 6.06. The Morgan fingerprint density at radius 1 is 1.50 bits per heavy atom. The van der Waals surface area contributed by atoms with Crippen LogP contribution < -0.4 is 14.8 Å². The molecular weight excluding hydrogens is 282 g/mol. The van der Waals surface area contributed by atoms with Crippen molar-refractivity contribution in [1.29, 1.82) is 0 Å². The summed E-state index contributed by atoms with van der Waals surface area (Å²) in [7, 11) is 0. The zero-order chi connectivity index (χ0) is 14.8. The zero-order valence-electron chi connectivity index (χ0n) is 11.5. The molecule has 0 radical (unpaired) electrons. The summed E-state index contributed by atoms with van der Waals surface area (Å²) in [6, 6.07) is 3.16. The van der Waals surface area contributed by atoms with E-state index in [1.165, 1.54) is 0 Å². The molecule has 0 fully saturated rings. The van der Waals surface area contributed by atoms with Gasteiger partial charge in [0.1, 0.15) is 0 Å². The number of nitrogens with one attached hydrogen (secondary N) is 1. The van der Waals surface area contributed by atoms with Crippen molar-refractivity contribution >= 4 is 17.5 Å². The molecule has 0 aliphatic carbocycles. The minimum absolute atomic E-state index is 0.0204. The summed E-state index contributed by atoms with van der Waals surface area (Å²) in [6.45, 7) is 3.99. The lowest BCUT2D eigenvalue weighted by atomic mass is 9.94. The van der Waals surface area contributed by atoms with Gasteiger partial charge < -0.3 is 19.9 Å². The Balaban J connectivity index is 2.20. The molecule has 0 aromatic heterocycles. The van der Waals surface area contributed by atoms with Crippen LogP contribution in [0.15, 0.2) is 12.1 Å². The van der Waals surface area contributed by atoms with E-state index in [1.54, 1.807) is 12.1 Å². The molecule has 2 rings (SSSR count). The number of amides is 1. The lowest BCUT2D eigenvalue weighted by Gasteiger charge is -2.29. The van der Waals surface area contributed by atoms with Crippen LogP contribution >= 0.6 is 11.6 Å². The number of rotatable bonds is 5. The molecule has 1 aromatic carbocycles. The minimum Gasteiger partial charge on any atom is -0.454 e. The Morgan fingerprint density at radius 3 is 2.90 bits per heavy atom. The lowest BCUT2D eigenvalue weighted by molar-refractivity contribution is 0.0885. The first-order valence-corrected chi connectivity index (χ1v) is 6.89. The monoisotopic (exact) mass is 299 g/mol. The molecule has 0 bridgehead atoms. The van der Waals surface area contributed by atoms with Gasteiger partial charge >= 0.3 is 0 Å². The molecule has 1 unspecified atom stereocenters. The maximum Gasteiger partial charge on any atom is 0.251 e. The molecule has 1 atom stereocenters. The highest BCUT2D eigenvalue weighted by Gasteiger charge is 2.26. The second-order valence-electron chi connectivity index (χ2n) is 5.03. The molecule has 1 aromatic rings.